The van der Waals surface area contributed by atoms with Crippen molar-refractivity contribution in [2.75, 3.05) is 27.2 Å². The molecule has 1 heterocycles. The number of hydrogen-bond acceptors (Lipinski definition) is 3. The third-order valence-electron chi connectivity index (χ3n) is 5.42. The number of ether oxygens (including phenoxy) is 1. The predicted molar refractivity (Wildman–Crippen MR) is 105 cm³/mol. The van der Waals surface area contributed by atoms with Gasteiger partial charge in [0.25, 0.3) is 0 Å². The summed E-state index contributed by atoms with van der Waals surface area (Å²) < 4.78 is 5.19. The van der Waals surface area contributed by atoms with E-state index in [0.717, 1.165) is 43.6 Å². The van der Waals surface area contributed by atoms with Gasteiger partial charge in [0.05, 0.1) is 25.8 Å². The third-order valence-corrected chi connectivity index (χ3v) is 5.42. The minimum atomic E-state index is 0.0985. The molecule has 0 bridgehead atoms. The van der Waals surface area contributed by atoms with E-state index in [1.165, 1.54) is 4.90 Å². The number of nitrogens with zero attached hydrogens (tertiary/aromatic N) is 1. The van der Waals surface area contributed by atoms with Crippen LogP contribution in [0.2, 0.25) is 0 Å². The quantitative estimate of drug-likeness (QED) is 0.817. The smallest absolute Gasteiger partial charge is 0.226 e. The number of carbonyl (C=O) groups is 1. The molecule has 1 saturated heterocycles. The summed E-state index contributed by atoms with van der Waals surface area (Å²) in [6, 6.07) is 15.7. The first-order chi connectivity index (χ1) is 13.1. The lowest BCUT2D eigenvalue weighted by molar-refractivity contribution is -0.919. The first-order valence-corrected chi connectivity index (χ1v) is 9.55. The summed E-state index contributed by atoms with van der Waals surface area (Å²) in [6.07, 6.45) is 1.77. The van der Waals surface area contributed by atoms with Gasteiger partial charge in [-0.05, 0) is 17.7 Å². The van der Waals surface area contributed by atoms with Crippen molar-refractivity contribution in [2.45, 2.75) is 25.9 Å². The second-order valence-corrected chi connectivity index (χ2v) is 7.35. The van der Waals surface area contributed by atoms with E-state index >= 15 is 0 Å². The zero-order valence-corrected chi connectivity index (χ0v) is 16.1. The number of phenols is 1. The maximum absolute atomic E-state index is 12.8. The summed E-state index contributed by atoms with van der Waals surface area (Å²) in [5.74, 6) is 1.08. The average molecular weight is 369 g/mol. The number of piperidine rings is 1. The lowest BCUT2D eigenvalue weighted by Gasteiger charge is -2.31. The molecule has 5 heteroatoms. The molecule has 0 saturated carbocycles. The van der Waals surface area contributed by atoms with Gasteiger partial charge in [0.1, 0.15) is 6.54 Å². The first kappa shape index (κ1) is 19.2. The van der Waals surface area contributed by atoms with Crippen LogP contribution in [0.25, 0.3) is 0 Å². The van der Waals surface area contributed by atoms with Crippen molar-refractivity contribution in [3.05, 3.63) is 59.7 Å². The van der Waals surface area contributed by atoms with E-state index in [1.54, 1.807) is 13.2 Å². The van der Waals surface area contributed by atoms with Crippen LogP contribution >= 0.6 is 0 Å². The van der Waals surface area contributed by atoms with Crippen molar-refractivity contribution in [2.24, 2.45) is 5.92 Å². The highest BCUT2D eigenvalue weighted by Crippen LogP contribution is 2.28. The SMILES string of the molecule is COc1cccc(C[NH+]2CCC(C(=O)N(C)Cc3ccccc3)CC2)c1O. The minimum absolute atomic E-state index is 0.0985. The number of nitrogens with one attached hydrogen (secondary N) is 1. The first-order valence-electron chi connectivity index (χ1n) is 9.55. The fourth-order valence-electron chi connectivity index (χ4n) is 3.84. The fourth-order valence-corrected chi connectivity index (χ4v) is 3.84. The Balaban J connectivity index is 1.52. The van der Waals surface area contributed by atoms with E-state index in [2.05, 4.69) is 12.1 Å². The Morgan fingerprint density at radius 2 is 1.85 bits per heavy atom. The van der Waals surface area contributed by atoms with Crippen LogP contribution in [0.15, 0.2) is 48.5 Å². The second-order valence-electron chi connectivity index (χ2n) is 7.35. The molecule has 0 aliphatic carbocycles. The molecule has 27 heavy (non-hydrogen) atoms. The lowest BCUT2D eigenvalue weighted by Crippen LogP contribution is -3.11. The Morgan fingerprint density at radius 1 is 1.15 bits per heavy atom. The van der Waals surface area contributed by atoms with Crippen molar-refractivity contribution in [3.63, 3.8) is 0 Å². The van der Waals surface area contributed by atoms with Gasteiger partial charge in [-0.15, -0.1) is 0 Å². The summed E-state index contributed by atoms with van der Waals surface area (Å²) in [6.45, 7) is 3.28. The second kappa shape index (κ2) is 8.91. The van der Waals surface area contributed by atoms with Crippen molar-refractivity contribution in [3.8, 4) is 11.5 Å². The molecular weight excluding hydrogens is 340 g/mol. The van der Waals surface area contributed by atoms with Gasteiger partial charge in [-0.1, -0.05) is 36.4 Å². The van der Waals surface area contributed by atoms with E-state index in [9.17, 15) is 9.90 Å². The van der Waals surface area contributed by atoms with Crippen LogP contribution in [-0.4, -0.2) is 43.2 Å². The topological polar surface area (TPSA) is 54.2 Å². The average Bonchev–Trinajstić information content (AvgIpc) is 2.70. The molecule has 0 unspecified atom stereocenters. The van der Waals surface area contributed by atoms with Crippen molar-refractivity contribution in [1.29, 1.82) is 0 Å². The Morgan fingerprint density at radius 3 is 2.52 bits per heavy atom. The molecule has 2 N–H and O–H groups in total. The van der Waals surface area contributed by atoms with E-state index in [4.69, 9.17) is 4.74 Å². The highest BCUT2D eigenvalue weighted by atomic mass is 16.5. The largest absolute Gasteiger partial charge is 0.504 e. The van der Waals surface area contributed by atoms with E-state index < -0.39 is 0 Å². The monoisotopic (exact) mass is 369 g/mol. The van der Waals surface area contributed by atoms with E-state index in [1.807, 2.05) is 42.3 Å². The number of aromatic hydroxyl groups is 1. The van der Waals surface area contributed by atoms with Crippen LogP contribution in [0, 0.1) is 5.92 Å². The van der Waals surface area contributed by atoms with E-state index in [0.29, 0.717) is 12.3 Å². The zero-order valence-electron chi connectivity index (χ0n) is 16.1. The Labute approximate surface area is 161 Å². The van der Waals surface area contributed by atoms with Gasteiger partial charge in [-0.25, -0.2) is 0 Å². The van der Waals surface area contributed by atoms with Crippen molar-refractivity contribution < 1.29 is 19.5 Å². The van der Waals surface area contributed by atoms with Crippen LogP contribution in [-0.2, 0) is 17.9 Å². The van der Waals surface area contributed by atoms with Gasteiger partial charge in [0, 0.05) is 32.4 Å². The summed E-state index contributed by atoms with van der Waals surface area (Å²) in [5, 5.41) is 10.3. The number of carbonyl (C=O) groups excluding carboxylic acids is 1. The molecule has 1 fully saturated rings. The normalized spacial score (nSPS) is 19.5. The van der Waals surface area contributed by atoms with Gasteiger partial charge in [-0.2, -0.15) is 0 Å². The van der Waals surface area contributed by atoms with Gasteiger partial charge in [0.2, 0.25) is 5.91 Å². The number of methoxy groups -OCH3 is 1. The Hall–Kier alpha value is -2.53. The Kier molecular flexibility index (Phi) is 6.35. The molecule has 1 amide bonds. The highest BCUT2D eigenvalue weighted by molar-refractivity contribution is 5.78. The molecule has 0 radical (unpaired) electrons. The molecule has 0 spiro atoms. The molecule has 1 aliphatic rings. The molecule has 0 atom stereocenters. The zero-order chi connectivity index (χ0) is 19.2. The summed E-state index contributed by atoms with van der Waals surface area (Å²) >= 11 is 0. The van der Waals surface area contributed by atoms with Gasteiger partial charge >= 0.3 is 0 Å². The Bertz CT molecular complexity index is 755. The number of likely N-dealkylation sites (tertiary alicyclic amines) is 1. The fraction of sp³-hybridized carbons (Fsp3) is 0.409. The van der Waals surface area contributed by atoms with Crippen LogP contribution in [0.5, 0.6) is 11.5 Å². The van der Waals surface area contributed by atoms with Crippen LogP contribution in [0.1, 0.15) is 24.0 Å². The van der Waals surface area contributed by atoms with Crippen LogP contribution in [0.3, 0.4) is 0 Å². The number of hydrogen-bond donors (Lipinski definition) is 2. The number of rotatable bonds is 6. The van der Waals surface area contributed by atoms with E-state index in [-0.39, 0.29) is 17.6 Å². The molecule has 2 aromatic rings. The molecule has 5 nitrogen and oxygen atoms in total. The number of amides is 1. The molecule has 3 rings (SSSR count). The van der Waals surface area contributed by atoms with Crippen LogP contribution in [0.4, 0.5) is 0 Å². The molecule has 0 aromatic heterocycles. The summed E-state index contributed by atoms with van der Waals surface area (Å²) in [5.41, 5.74) is 2.06. The number of quaternary nitrogens is 1. The maximum atomic E-state index is 12.8. The van der Waals surface area contributed by atoms with Crippen LogP contribution < -0.4 is 9.64 Å². The summed E-state index contributed by atoms with van der Waals surface area (Å²) in [7, 11) is 3.46. The number of benzene rings is 2. The lowest BCUT2D eigenvalue weighted by atomic mass is 9.94. The number of para-hydroxylation sites is 1. The highest BCUT2D eigenvalue weighted by Gasteiger charge is 2.29. The molecule has 144 valence electrons. The maximum Gasteiger partial charge on any atom is 0.226 e. The van der Waals surface area contributed by atoms with Crippen molar-refractivity contribution >= 4 is 5.91 Å². The van der Waals surface area contributed by atoms with Gasteiger partial charge in [-0.3, -0.25) is 4.79 Å². The van der Waals surface area contributed by atoms with Gasteiger partial charge < -0.3 is 19.6 Å². The standard InChI is InChI=1S/C22H28N2O3/c1-23(15-17-7-4-3-5-8-17)22(26)18-11-13-24(14-12-18)16-19-9-6-10-20(27-2)21(19)25/h3-10,18,25H,11-16H2,1-2H3/p+1. The third kappa shape index (κ3) is 4.80. The molecule has 2 aromatic carbocycles. The van der Waals surface area contributed by atoms with Crippen molar-refractivity contribution in [1.82, 2.24) is 4.90 Å². The summed E-state index contributed by atoms with van der Waals surface area (Å²) in [4.78, 5) is 16.0. The minimum Gasteiger partial charge on any atom is -0.504 e. The molecular formula is C22H29N2O3+. The predicted octanol–water partition coefficient (Wildman–Crippen LogP) is 1.85. The number of phenolic OH excluding ortho intramolecular Hbond substituents is 1. The molecule has 1 aliphatic heterocycles. The van der Waals surface area contributed by atoms with Gasteiger partial charge in [0.15, 0.2) is 11.5 Å².